The molecule has 1 fully saturated rings. The maximum Gasteiger partial charge on any atom is 0.281 e. The van der Waals surface area contributed by atoms with Crippen molar-refractivity contribution >= 4 is 34.3 Å². The number of halogens is 2. The Morgan fingerprint density at radius 2 is 2.16 bits per heavy atom. The lowest BCUT2D eigenvalue weighted by molar-refractivity contribution is -0.105. The molecule has 5 heterocycles. The zero-order chi connectivity index (χ0) is 22.2. The lowest BCUT2D eigenvalue weighted by atomic mass is 10.1. The van der Waals surface area contributed by atoms with Crippen LogP contribution >= 0.6 is 0 Å². The molecule has 32 heavy (non-hydrogen) atoms. The molecule has 1 atom stereocenters. The van der Waals surface area contributed by atoms with Gasteiger partial charge < -0.3 is 15.0 Å². The summed E-state index contributed by atoms with van der Waals surface area (Å²) >= 11 is 0. The summed E-state index contributed by atoms with van der Waals surface area (Å²) in [5, 5.41) is 7.60. The summed E-state index contributed by atoms with van der Waals surface area (Å²) in [6, 6.07) is 5.61. The van der Waals surface area contributed by atoms with E-state index < -0.39 is 6.43 Å². The number of nitrogens with zero attached hydrogens (tertiary/aromatic N) is 6. The van der Waals surface area contributed by atoms with Crippen LogP contribution in [-0.2, 0) is 9.53 Å². The second-order valence-electron chi connectivity index (χ2n) is 7.49. The summed E-state index contributed by atoms with van der Waals surface area (Å²) in [6.07, 6.45) is 3.12. The van der Waals surface area contributed by atoms with Crippen LogP contribution in [0.3, 0.4) is 0 Å². The molecular formula is C21H19F2N7O2. The maximum absolute atomic E-state index is 13.5. The Labute approximate surface area is 181 Å². The molecule has 1 amide bonds. The molecule has 11 heteroatoms. The number of fused-ring (bicyclic) bond motifs is 2. The molecule has 4 aromatic rings. The van der Waals surface area contributed by atoms with Crippen molar-refractivity contribution < 1.29 is 18.3 Å². The van der Waals surface area contributed by atoms with Gasteiger partial charge in [0.25, 0.3) is 6.43 Å². The Morgan fingerprint density at radius 1 is 1.28 bits per heavy atom. The van der Waals surface area contributed by atoms with E-state index in [1.165, 1.54) is 18.5 Å². The van der Waals surface area contributed by atoms with E-state index >= 15 is 0 Å². The third-order valence-electron chi connectivity index (χ3n) is 5.63. The smallest absolute Gasteiger partial charge is 0.281 e. The number of anilines is 2. The molecule has 1 saturated heterocycles. The molecule has 4 aromatic heterocycles. The van der Waals surface area contributed by atoms with Crippen molar-refractivity contribution in [1.82, 2.24) is 24.6 Å². The summed E-state index contributed by atoms with van der Waals surface area (Å²) in [5.41, 5.74) is 1.64. The molecule has 0 aliphatic carbocycles. The van der Waals surface area contributed by atoms with E-state index in [2.05, 4.69) is 30.3 Å². The first-order valence-electron chi connectivity index (χ1n) is 9.99. The Bertz CT molecular complexity index is 1300. The number of carbonyl (C=O) groups is 1. The van der Waals surface area contributed by atoms with Crippen LogP contribution < -0.4 is 10.2 Å². The topological polar surface area (TPSA) is 97.5 Å². The number of rotatable bonds is 6. The van der Waals surface area contributed by atoms with Crippen LogP contribution in [0.25, 0.3) is 27.8 Å². The highest BCUT2D eigenvalue weighted by Crippen LogP contribution is 2.33. The molecule has 0 spiro atoms. The van der Waals surface area contributed by atoms with Crippen molar-refractivity contribution in [3.8, 4) is 11.4 Å². The molecule has 0 radical (unpaired) electrons. The minimum atomic E-state index is -2.77. The minimum absolute atomic E-state index is 0.175. The molecular weight excluding hydrogens is 420 g/mol. The number of nitrogens with one attached hydrogen (secondary N) is 1. The number of hydrogen-bond donors (Lipinski definition) is 1. The van der Waals surface area contributed by atoms with Crippen molar-refractivity contribution in [1.29, 1.82) is 0 Å². The number of carbonyl (C=O) groups excluding carboxylic acids is 1. The van der Waals surface area contributed by atoms with Gasteiger partial charge in [0, 0.05) is 42.4 Å². The van der Waals surface area contributed by atoms with Gasteiger partial charge in [-0.2, -0.15) is 0 Å². The van der Waals surface area contributed by atoms with Crippen LogP contribution in [0.5, 0.6) is 0 Å². The molecule has 1 aliphatic rings. The van der Waals surface area contributed by atoms with Crippen LogP contribution in [-0.4, -0.2) is 57.3 Å². The van der Waals surface area contributed by atoms with Crippen LogP contribution in [0.4, 0.5) is 20.3 Å². The molecule has 0 aromatic carbocycles. The fraction of sp³-hybridized carbons (Fsp3) is 0.286. The highest BCUT2D eigenvalue weighted by Gasteiger charge is 2.22. The number of likely N-dealkylation sites (N-methyl/N-ethyl adjacent to an activating group) is 1. The first-order valence-corrected chi connectivity index (χ1v) is 9.99. The summed E-state index contributed by atoms with van der Waals surface area (Å²) in [6.45, 7) is 1.42. The number of amides is 1. The van der Waals surface area contributed by atoms with Crippen molar-refractivity contribution in [2.24, 2.45) is 0 Å². The van der Waals surface area contributed by atoms with E-state index in [4.69, 9.17) is 4.74 Å². The second-order valence-corrected chi connectivity index (χ2v) is 7.49. The van der Waals surface area contributed by atoms with E-state index in [9.17, 15) is 13.6 Å². The number of hydrogen-bond acceptors (Lipinski definition) is 7. The summed E-state index contributed by atoms with van der Waals surface area (Å²) in [7, 11) is 2.01. The molecule has 0 unspecified atom stereocenters. The Hall–Kier alpha value is -3.73. The largest absolute Gasteiger partial charge is 0.379 e. The van der Waals surface area contributed by atoms with E-state index in [0.717, 1.165) is 18.7 Å². The first-order chi connectivity index (χ1) is 15.5. The fourth-order valence-electron chi connectivity index (χ4n) is 3.88. The zero-order valence-corrected chi connectivity index (χ0v) is 17.1. The predicted octanol–water partition coefficient (Wildman–Crippen LogP) is 3.07. The quantitative estimate of drug-likeness (QED) is 0.461. The molecule has 164 valence electrons. The summed E-state index contributed by atoms with van der Waals surface area (Å²) in [5.74, 6) is 0.558. The maximum atomic E-state index is 13.5. The Balaban J connectivity index is 1.61. The van der Waals surface area contributed by atoms with Gasteiger partial charge in [0.15, 0.2) is 11.5 Å². The lowest BCUT2D eigenvalue weighted by Crippen LogP contribution is -2.31. The van der Waals surface area contributed by atoms with Crippen molar-refractivity contribution in [2.45, 2.75) is 18.9 Å². The molecule has 5 rings (SSSR count). The molecule has 0 saturated carbocycles. The molecule has 9 nitrogen and oxygen atoms in total. The van der Waals surface area contributed by atoms with Gasteiger partial charge >= 0.3 is 0 Å². The van der Waals surface area contributed by atoms with Crippen molar-refractivity contribution in [3.63, 3.8) is 0 Å². The normalized spacial score (nSPS) is 16.2. The standard InChI is InChI=1S/C21H19F2N7O2/c1-29(13-4-5-32-10-13)12-2-3-18-27-21(28-30(18)9-12)16-8-25-19(20(22)23)15-7-24-17(26-11-31)6-14(15)16/h2-3,6-9,11,13,20H,4-5,10H2,1H3,(H,24,26,31)/t13-/m1/s1. The first kappa shape index (κ1) is 20.2. The molecule has 1 aliphatic heterocycles. The second kappa shape index (κ2) is 8.08. The van der Waals surface area contributed by atoms with Crippen LogP contribution in [0.15, 0.2) is 36.8 Å². The Morgan fingerprint density at radius 3 is 2.91 bits per heavy atom. The highest BCUT2D eigenvalue weighted by molar-refractivity contribution is 5.97. The van der Waals surface area contributed by atoms with Gasteiger partial charge in [0.05, 0.1) is 24.5 Å². The molecule has 1 N–H and O–H groups in total. The zero-order valence-electron chi connectivity index (χ0n) is 17.1. The third-order valence-corrected chi connectivity index (χ3v) is 5.63. The highest BCUT2D eigenvalue weighted by atomic mass is 19.3. The van der Waals surface area contributed by atoms with E-state index in [-0.39, 0.29) is 16.9 Å². The van der Waals surface area contributed by atoms with E-state index in [1.807, 2.05) is 25.4 Å². The number of alkyl halides is 2. The average Bonchev–Trinajstić information content (AvgIpc) is 3.47. The number of aromatic nitrogens is 5. The van der Waals surface area contributed by atoms with Crippen LogP contribution in [0, 0.1) is 0 Å². The summed E-state index contributed by atoms with van der Waals surface area (Å²) in [4.78, 5) is 25.5. The van der Waals surface area contributed by atoms with Crippen molar-refractivity contribution in [3.05, 3.63) is 42.5 Å². The van der Waals surface area contributed by atoms with Crippen molar-refractivity contribution in [2.75, 3.05) is 30.5 Å². The predicted molar refractivity (Wildman–Crippen MR) is 114 cm³/mol. The number of pyridine rings is 3. The summed E-state index contributed by atoms with van der Waals surface area (Å²) < 4.78 is 34.1. The van der Waals surface area contributed by atoms with E-state index in [1.54, 1.807) is 4.52 Å². The monoisotopic (exact) mass is 439 g/mol. The minimum Gasteiger partial charge on any atom is -0.379 e. The van der Waals surface area contributed by atoms with Crippen LogP contribution in [0.1, 0.15) is 18.5 Å². The van der Waals surface area contributed by atoms with Gasteiger partial charge in [-0.05, 0) is 24.6 Å². The van der Waals surface area contributed by atoms with Gasteiger partial charge in [-0.3, -0.25) is 9.78 Å². The van der Waals surface area contributed by atoms with Gasteiger partial charge in [-0.25, -0.2) is 23.3 Å². The lowest BCUT2D eigenvalue weighted by Gasteiger charge is -2.25. The van der Waals surface area contributed by atoms with Crippen LogP contribution in [0.2, 0.25) is 0 Å². The average molecular weight is 439 g/mol. The third kappa shape index (κ3) is 3.50. The van der Waals surface area contributed by atoms with E-state index in [0.29, 0.717) is 41.5 Å². The molecule has 0 bridgehead atoms. The van der Waals surface area contributed by atoms with Gasteiger partial charge in [-0.15, -0.1) is 5.10 Å². The van der Waals surface area contributed by atoms with Gasteiger partial charge in [-0.1, -0.05) is 0 Å². The van der Waals surface area contributed by atoms with Gasteiger partial charge in [0.2, 0.25) is 6.41 Å². The number of ether oxygens (including phenoxy) is 1. The van der Waals surface area contributed by atoms with Gasteiger partial charge in [0.1, 0.15) is 11.5 Å². The SMILES string of the molecule is CN(c1ccc2nc(-c3cnc(C(F)F)c4cnc(NC=O)cc34)nn2c1)[C@@H]1CCOC1. The fourth-order valence-corrected chi connectivity index (χ4v) is 3.88. The Kier molecular flexibility index (Phi) is 5.10.